The number of aryl methyl sites for hydroxylation is 2. The summed E-state index contributed by atoms with van der Waals surface area (Å²) in [5.41, 5.74) is 4.04. The number of thiophene rings is 1. The lowest BCUT2D eigenvalue weighted by molar-refractivity contribution is -0.135. The van der Waals surface area contributed by atoms with E-state index in [1.165, 1.54) is 10.4 Å². The maximum atomic E-state index is 13.6. The fourth-order valence-electron chi connectivity index (χ4n) is 4.54. The highest BCUT2D eigenvalue weighted by Gasteiger charge is 2.33. The minimum absolute atomic E-state index is 0.0381. The van der Waals surface area contributed by atoms with Gasteiger partial charge in [-0.05, 0) is 67.5 Å². The Balaban J connectivity index is 1.53. The van der Waals surface area contributed by atoms with Crippen LogP contribution in [0.2, 0.25) is 0 Å². The van der Waals surface area contributed by atoms with Crippen LogP contribution in [0.4, 0.5) is 0 Å². The van der Waals surface area contributed by atoms with Gasteiger partial charge in [-0.1, -0.05) is 42.8 Å². The lowest BCUT2D eigenvalue weighted by Crippen LogP contribution is -2.48. The van der Waals surface area contributed by atoms with Gasteiger partial charge in [-0.15, -0.1) is 11.3 Å². The van der Waals surface area contributed by atoms with Crippen LogP contribution in [-0.4, -0.2) is 47.9 Å². The first kappa shape index (κ1) is 24.0. The van der Waals surface area contributed by atoms with Gasteiger partial charge in [0.2, 0.25) is 5.91 Å². The number of carbonyl (C=O) groups excluding carboxylic acids is 2. The van der Waals surface area contributed by atoms with Gasteiger partial charge in [0.1, 0.15) is 18.9 Å². The molecule has 0 saturated heterocycles. The Labute approximate surface area is 206 Å². The van der Waals surface area contributed by atoms with Gasteiger partial charge >= 0.3 is 0 Å². The van der Waals surface area contributed by atoms with E-state index in [0.717, 1.165) is 29.7 Å². The summed E-state index contributed by atoms with van der Waals surface area (Å²) in [5, 5.41) is 2.09. The largest absolute Gasteiger partial charge is 0.491 e. The van der Waals surface area contributed by atoms with E-state index in [1.54, 1.807) is 28.4 Å². The third-order valence-corrected chi connectivity index (χ3v) is 7.27. The Hall–Kier alpha value is -3.12. The molecule has 2 aromatic carbocycles. The quantitative estimate of drug-likeness (QED) is 0.436. The molecule has 2 heterocycles. The zero-order chi connectivity index (χ0) is 24.1. The third kappa shape index (κ3) is 5.33. The highest BCUT2D eigenvalue weighted by molar-refractivity contribution is 7.10. The number of hydrogen-bond donors (Lipinski definition) is 0. The third-order valence-electron chi connectivity index (χ3n) is 6.27. The average Bonchev–Trinajstić information content (AvgIpc) is 3.32. The number of hydrogen-bond acceptors (Lipinski definition) is 4. The minimum atomic E-state index is -0.168. The summed E-state index contributed by atoms with van der Waals surface area (Å²) in [6.07, 6.45) is 1.62. The second kappa shape index (κ2) is 10.9. The maximum Gasteiger partial charge on any atom is 0.254 e. The molecule has 1 aliphatic heterocycles. The van der Waals surface area contributed by atoms with Crippen LogP contribution in [0.3, 0.4) is 0 Å². The Morgan fingerprint density at radius 1 is 1.12 bits per heavy atom. The number of carbonyl (C=O) groups is 2. The van der Waals surface area contributed by atoms with Crippen LogP contribution in [0.5, 0.6) is 5.75 Å². The summed E-state index contributed by atoms with van der Waals surface area (Å²) in [7, 11) is 0. The summed E-state index contributed by atoms with van der Waals surface area (Å²) >= 11 is 1.74. The van der Waals surface area contributed by atoms with Crippen molar-refractivity contribution in [2.75, 3.05) is 26.2 Å². The van der Waals surface area contributed by atoms with Gasteiger partial charge in [-0.25, -0.2) is 0 Å². The second-order valence-corrected chi connectivity index (χ2v) is 9.83. The lowest BCUT2D eigenvalue weighted by Gasteiger charge is -2.37. The van der Waals surface area contributed by atoms with Crippen LogP contribution < -0.4 is 4.74 Å². The zero-order valence-corrected chi connectivity index (χ0v) is 20.9. The molecule has 0 fully saturated rings. The van der Waals surface area contributed by atoms with Gasteiger partial charge in [-0.2, -0.15) is 0 Å². The van der Waals surface area contributed by atoms with Crippen molar-refractivity contribution in [3.05, 3.63) is 87.1 Å². The molecule has 1 aromatic heterocycles. The highest BCUT2D eigenvalue weighted by Crippen LogP contribution is 2.34. The molecule has 1 atom stereocenters. The van der Waals surface area contributed by atoms with Crippen molar-refractivity contribution in [1.82, 2.24) is 9.80 Å². The summed E-state index contributed by atoms with van der Waals surface area (Å²) in [6, 6.07) is 17.3. The van der Waals surface area contributed by atoms with Crippen molar-refractivity contribution in [3.63, 3.8) is 0 Å². The zero-order valence-electron chi connectivity index (χ0n) is 20.1. The van der Waals surface area contributed by atoms with Gasteiger partial charge in [0.15, 0.2) is 0 Å². The topological polar surface area (TPSA) is 49.9 Å². The molecule has 3 aromatic rings. The molecule has 178 valence electrons. The first-order valence-corrected chi connectivity index (χ1v) is 12.8. The van der Waals surface area contributed by atoms with Crippen molar-refractivity contribution < 1.29 is 14.3 Å². The van der Waals surface area contributed by atoms with Crippen molar-refractivity contribution in [1.29, 1.82) is 0 Å². The molecular weight excluding hydrogens is 444 g/mol. The number of nitrogens with zero attached hydrogens (tertiary/aromatic N) is 2. The Bertz CT molecular complexity index is 1140. The molecule has 4 rings (SSSR count). The van der Waals surface area contributed by atoms with Gasteiger partial charge in [0, 0.05) is 23.5 Å². The normalized spacial score (nSPS) is 15.0. The van der Waals surface area contributed by atoms with E-state index < -0.39 is 0 Å². The molecular formula is C28H32N2O3S. The molecule has 0 spiro atoms. The first-order chi connectivity index (χ1) is 16.5. The summed E-state index contributed by atoms with van der Waals surface area (Å²) in [4.78, 5) is 31.5. The molecule has 0 saturated carbocycles. The van der Waals surface area contributed by atoms with Crippen molar-refractivity contribution in [2.45, 2.75) is 39.7 Å². The number of rotatable bonds is 8. The van der Waals surface area contributed by atoms with E-state index in [1.807, 2.05) is 49.1 Å². The minimum Gasteiger partial charge on any atom is -0.491 e. The average molecular weight is 477 g/mol. The fourth-order valence-corrected chi connectivity index (χ4v) is 5.47. The van der Waals surface area contributed by atoms with Gasteiger partial charge in [0.05, 0.1) is 6.04 Å². The summed E-state index contributed by atoms with van der Waals surface area (Å²) < 4.78 is 6.24. The number of ether oxygens (including phenoxy) is 1. The predicted octanol–water partition coefficient (Wildman–Crippen LogP) is 5.42. The molecule has 6 heteroatoms. The number of benzene rings is 2. The SMILES string of the molecule is CCCN(CC(=O)N1CCc2sccc2C1COc1ccc(C)cc1C)C(=O)c1ccccc1. The van der Waals surface area contributed by atoms with Crippen LogP contribution in [0.1, 0.15) is 51.3 Å². The maximum absolute atomic E-state index is 13.6. The van der Waals surface area contributed by atoms with Crippen molar-refractivity contribution >= 4 is 23.2 Å². The molecule has 0 aliphatic carbocycles. The van der Waals surface area contributed by atoms with E-state index in [-0.39, 0.29) is 24.4 Å². The van der Waals surface area contributed by atoms with E-state index in [4.69, 9.17) is 4.74 Å². The second-order valence-electron chi connectivity index (χ2n) is 8.82. The number of amides is 2. The number of fused-ring (bicyclic) bond motifs is 1. The molecule has 5 nitrogen and oxygen atoms in total. The molecule has 0 N–H and O–H groups in total. The van der Waals surface area contributed by atoms with Crippen LogP contribution >= 0.6 is 11.3 Å². The van der Waals surface area contributed by atoms with Crippen LogP contribution in [-0.2, 0) is 11.2 Å². The van der Waals surface area contributed by atoms with E-state index in [0.29, 0.717) is 25.3 Å². The summed E-state index contributed by atoms with van der Waals surface area (Å²) in [5.74, 6) is 0.697. The fraction of sp³-hybridized carbons (Fsp3) is 0.357. The molecule has 2 amide bonds. The Morgan fingerprint density at radius 3 is 2.65 bits per heavy atom. The smallest absolute Gasteiger partial charge is 0.254 e. The van der Waals surface area contributed by atoms with Crippen molar-refractivity contribution in [3.8, 4) is 5.75 Å². The summed E-state index contributed by atoms with van der Waals surface area (Å²) in [6.45, 7) is 7.76. The van der Waals surface area contributed by atoms with Crippen LogP contribution in [0.25, 0.3) is 0 Å². The van der Waals surface area contributed by atoms with Gasteiger partial charge < -0.3 is 14.5 Å². The molecule has 34 heavy (non-hydrogen) atoms. The Morgan fingerprint density at radius 2 is 1.91 bits per heavy atom. The van der Waals surface area contributed by atoms with Gasteiger partial charge in [-0.3, -0.25) is 9.59 Å². The standard InChI is InChI=1S/C28H32N2O3S/c1-4-14-29(28(32)22-8-6-5-7-9-22)18-27(31)30-15-12-26-23(13-16-34-26)24(30)19-33-25-11-10-20(2)17-21(25)3/h5-11,13,16-17,24H,4,12,14-15,18-19H2,1-3H3. The molecule has 0 radical (unpaired) electrons. The molecule has 0 bridgehead atoms. The lowest BCUT2D eigenvalue weighted by atomic mass is 10.00. The molecule has 1 aliphatic rings. The van der Waals surface area contributed by atoms with E-state index in [2.05, 4.69) is 24.4 Å². The Kier molecular flexibility index (Phi) is 7.68. The van der Waals surface area contributed by atoms with Crippen molar-refractivity contribution in [2.24, 2.45) is 0 Å². The van der Waals surface area contributed by atoms with Gasteiger partial charge in [0.25, 0.3) is 5.91 Å². The van der Waals surface area contributed by atoms with Crippen LogP contribution in [0, 0.1) is 13.8 Å². The van der Waals surface area contributed by atoms with Crippen LogP contribution in [0.15, 0.2) is 60.0 Å². The highest BCUT2D eigenvalue weighted by atomic mass is 32.1. The predicted molar refractivity (Wildman–Crippen MR) is 137 cm³/mol. The first-order valence-electron chi connectivity index (χ1n) is 11.9. The molecule has 1 unspecified atom stereocenters. The monoisotopic (exact) mass is 476 g/mol. The van der Waals surface area contributed by atoms with E-state index >= 15 is 0 Å². The van der Waals surface area contributed by atoms with E-state index in [9.17, 15) is 9.59 Å².